The Morgan fingerprint density at radius 3 is 2.62 bits per heavy atom. The molecule has 0 unspecified atom stereocenters. The minimum atomic E-state index is 0.672. The fourth-order valence-electron chi connectivity index (χ4n) is 2.03. The lowest BCUT2D eigenvalue weighted by atomic mass is 10.2. The monoisotopic (exact) mass is 301 g/mol. The molecular formula is C16H15NO3S. The van der Waals surface area contributed by atoms with Crippen LogP contribution in [-0.2, 0) is 5.75 Å². The number of thioether (sulfide) groups is 1. The summed E-state index contributed by atoms with van der Waals surface area (Å²) in [5, 5.41) is 0.672. The lowest BCUT2D eigenvalue weighted by Gasteiger charge is -2.08. The van der Waals surface area contributed by atoms with Gasteiger partial charge in [0, 0.05) is 5.75 Å². The first-order valence-corrected chi connectivity index (χ1v) is 7.48. The predicted molar refractivity (Wildman–Crippen MR) is 83.1 cm³/mol. The molecule has 0 fully saturated rings. The molecule has 3 rings (SSSR count). The van der Waals surface area contributed by atoms with Crippen molar-refractivity contribution in [2.45, 2.75) is 11.0 Å². The summed E-state index contributed by atoms with van der Waals surface area (Å²) in [6.45, 7) is 0. The van der Waals surface area contributed by atoms with Crippen LogP contribution in [0.2, 0.25) is 0 Å². The average molecular weight is 301 g/mol. The Balaban J connectivity index is 1.75. The van der Waals surface area contributed by atoms with Crippen LogP contribution in [-0.4, -0.2) is 19.2 Å². The molecule has 21 heavy (non-hydrogen) atoms. The van der Waals surface area contributed by atoms with Crippen LogP contribution in [0.3, 0.4) is 0 Å². The number of benzene rings is 2. The first-order chi connectivity index (χ1) is 10.3. The number of hydrogen-bond donors (Lipinski definition) is 0. The standard InChI is InChI=1S/C16H15NO3S/c1-18-14-8-7-11(9-15(14)19-2)10-21-16-17-12-5-3-4-6-13(12)20-16/h3-9H,10H2,1-2H3. The van der Waals surface area contributed by atoms with Crippen LogP contribution in [0.1, 0.15) is 5.56 Å². The molecule has 0 saturated heterocycles. The third-order valence-corrected chi connectivity index (χ3v) is 3.98. The van der Waals surface area contributed by atoms with Crippen molar-refractivity contribution >= 4 is 22.9 Å². The van der Waals surface area contributed by atoms with E-state index in [1.807, 2.05) is 42.5 Å². The van der Waals surface area contributed by atoms with Gasteiger partial charge in [-0.3, -0.25) is 0 Å². The Morgan fingerprint density at radius 1 is 1.05 bits per heavy atom. The fourth-order valence-corrected chi connectivity index (χ4v) is 2.81. The molecular weight excluding hydrogens is 286 g/mol. The maximum Gasteiger partial charge on any atom is 0.257 e. The van der Waals surface area contributed by atoms with Gasteiger partial charge in [0.15, 0.2) is 17.1 Å². The van der Waals surface area contributed by atoms with Crippen LogP contribution in [0.15, 0.2) is 52.1 Å². The Labute approximate surface area is 127 Å². The van der Waals surface area contributed by atoms with Crippen molar-refractivity contribution in [3.05, 3.63) is 48.0 Å². The van der Waals surface area contributed by atoms with E-state index in [-0.39, 0.29) is 0 Å². The Kier molecular flexibility index (Phi) is 4.01. The van der Waals surface area contributed by atoms with Crippen molar-refractivity contribution in [1.82, 2.24) is 4.98 Å². The maximum atomic E-state index is 5.69. The van der Waals surface area contributed by atoms with Gasteiger partial charge in [0.25, 0.3) is 5.22 Å². The normalized spacial score (nSPS) is 10.8. The minimum absolute atomic E-state index is 0.672. The van der Waals surface area contributed by atoms with Crippen molar-refractivity contribution in [2.75, 3.05) is 14.2 Å². The number of para-hydroxylation sites is 2. The molecule has 1 heterocycles. The zero-order chi connectivity index (χ0) is 14.7. The summed E-state index contributed by atoms with van der Waals surface area (Å²) in [5.74, 6) is 2.22. The second kappa shape index (κ2) is 6.10. The van der Waals surface area contributed by atoms with Crippen molar-refractivity contribution in [3.8, 4) is 11.5 Å². The molecule has 5 heteroatoms. The molecule has 2 aromatic carbocycles. The quantitative estimate of drug-likeness (QED) is 0.663. The average Bonchev–Trinajstić information content (AvgIpc) is 2.95. The van der Waals surface area contributed by atoms with E-state index in [4.69, 9.17) is 13.9 Å². The topological polar surface area (TPSA) is 44.5 Å². The SMILES string of the molecule is COc1ccc(CSc2nc3ccccc3o2)cc1OC. The Morgan fingerprint density at radius 2 is 1.86 bits per heavy atom. The van der Waals surface area contributed by atoms with E-state index < -0.39 is 0 Å². The number of nitrogens with zero attached hydrogens (tertiary/aromatic N) is 1. The van der Waals surface area contributed by atoms with E-state index in [9.17, 15) is 0 Å². The molecule has 0 bridgehead atoms. The highest BCUT2D eigenvalue weighted by Crippen LogP contribution is 2.31. The highest BCUT2D eigenvalue weighted by molar-refractivity contribution is 7.98. The lowest BCUT2D eigenvalue weighted by Crippen LogP contribution is -1.91. The predicted octanol–water partition coefficient (Wildman–Crippen LogP) is 4.14. The lowest BCUT2D eigenvalue weighted by molar-refractivity contribution is 0.354. The van der Waals surface area contributed by atoms with Crippen molar-refractivity contribution in [2.24, 2.45) is 0 Å². The minimum Gasteiger partial charge on any atom is -0.493 e. The van der Waals surface area contributed by atoms with E-state index in [1.54, 1.807) is 26.0 Å². The summed E-state index contributed by atoms with van der Waals surface area (Å²) in [4.78, 5) is 4.44. The molecule has 0 radical (unpaired) electrons. The van der Waals surface area contributed by atoms with Crippen LogP contribution in [0.4, 0.5) is 0 Å². The van der Waals surface area contributed by atoms with Gasteiger partial charge in [-0.2, -0.15) is 0 Å². The van der Waals surface area contributed by atoms with Gasteiger partial charge in [-0.1, -0.05) is 30.0 Å². The van der Waals surface area contributed by atoms with Crippen molar-refractivity contribution in [1.29, 1.82) is 0 Å². The molecule has 3 aromatic rings. The molecule has 108 valence electrons. The van der Waals surface area contributed by atoms with E-state index in [2.05, 4.69) is 4.98 Å². The van der Waals surface area contributed by atoms with E-state index >= 15 is 0 Å². The van der Waals surface area contributed by atoms with E-state index in [0.717, 1.165) is 33.9 Å². The largest absolute Gasteiger partial charge is 0.493 e. The van der Waals surface area contributed by atoms with Gasteiger partial charge in [0.1, 0.15) is 5.52 Å². The summed E-state index contributed by atoms with van der Waals surface area (Å²) < 4.78 is 16.2. The first-order valence-electron chi connectivity index (χ1n) is 6.49. The fraction of sp³-hybridized carbons (Fsp3) is 0.188. The number of ether oxygens (including phenoxy) is 2. The molecule has 0 aliphatic carbocycles. The molecule has 0 atom stereocenters. The van der Waals surface area contributed by atoms with Gasteiger partial charge < -0.3 is 13.9 Å². The molecule has 1 aromatic heterocycles. The van der Waals surface area contributed by atoms with Crippen LogP contribution < -0.4 is 9.47 Å². The molecule has 4 nitrogen and oxygen atoms in total. The zero-order valence-electron chi connectivity index (χ0n) is 11.8. The Bertz CT molecular complexity index is 721. The van der Waals surface area contributed by atoms with Gasteiger partial charge in [-0.05, 0) is 29.8 Å². The molecule has 0 N–H and O–H groups in total. The number of aromatic nitrogens is 1. The van der Waals surface area contributed by atoms with Gasteiger partial charge in [0.05, 0.1) is 14.2 Å². The number of oxazole rings is 1. The first kappa shape index (κ1) is 13.8. The molecule has 0 saturated carbocycles. The summed E-state index contributed by atoms with van der Waals surface area (Å²) in [6, 6.07) is 13.6. The number of fused-ring (bicyclic) bond motifs is 1. The third-order valence-electron chi connectivity index (χ3n) is 3.08. The van der Waals surface area contributed by atoms with Gasteiger partial charge in [-0.15, -0.1) is 0 Å². The number of hydrogen-bond acceptors (Lipinski definition) is 5. The summed E-state index contributed by atoms with van der Waals surface area (Å²) in [6.07, 6.45) is 0. The summed E-state index contributed by atoms with van der Waals surface area (Å²) in [7, 11) is 3.26. The Hall–Kier alpha value is -2.14. The van der Waals surface area contributed by atoms with Crippen LogP contribution in [0.25, 0.3) is 11.1 Å². The van der Waals surface area contributed by atoms with Crippen LogP contribution in [0.5, 0.6) is 11.5 Å². The molecule has 0 amide bonds. The van der Waals surface area contributed by atoms with E-state index in [0.29, 0.717) is 5.22 Å². The second-order valence-corrected chi connectivity index (χ2v) is 5.35. The number of rotatable bonds is 5. The van der Waals surface area contributed by atoms with Gasteiger partial charge in [-0.25, -0.2) is 4.98 Å². The third kappa shape index (κ3) is 2.97. The smallest absolute Gasteiger partial charge is 0.257 e. The van der Waals surface area contributed by atoms with Crippen molar-refractivity contribution in [3.63, 3.8) is 0 Å². The molecule has 0 aliphatic heterocycles. The van der Waals surface area contributed by atoms with Crippen LogP contribution >= 0.6 is 11.8 Å². The highest BCUT2D eigenvalue weighted by Gasteiger charge is 2.08. The van der Waals surface area contributed by atoms with Crippen LogP contribution in [0, 0.1) is 0 Å². The van der Waals surface area contributed by atoms with E-state index in [1.165, 1.54) is 0 Å². The highest BCUT2D eigenvalue weighted by atomic mass is 32.2. The second-order valence-electron chi connectivity index (χ2n) is 4.43. The molecule has 0 aliphatic rings. The van der Waals surface area contributed by atoms with Crippen molar-refractivity contribution < 1.29 is 13.9 Å². The summed E-state index contributed by atoms with van der Waals surface area (Å²) >= 11 is 1.56. The van der Waals surface area contributed by atoms with Gasteiger partial charge in [0.2, 0.25) is 0 Å². The maximum absolute atomic E-state index is 5.69. The summed E-state index contributed by atoms with van der Waals surface area (Å²) in [5.41, 5.74) is 2.82. The number of methoxy groups -OCH3 is 2. The zero-order valence-corrected chi connectivity index (χ0v) is 12.6. The van der Waals surface area contributed by atoms with Gasteiger partial charge >= 0.3 is 0 Å². The molecule has 0 spiro atoms.